The van der Waals surface area contributed by atoms with Gasteiger partial charge < -0.3 is 11.5 Å². The van der Waals surface area contributed by atoms with Crippen molar-refractivity contribution in [2.24, 2.45) is 17.4 Å². The Bertz CT molecular complexity index is 101. The van der Waals surface area contributed by atoms with Crippen LogP contribution in [0.4, 0.5) is 0 Å². The molecule has 0 aliphatic carbocycles. The van der Waals surface area contributed by atoms with Gasteiger partial charge in [-0.15, -0.1) is 0 Å². The Kier molecular flexibility index (Phi) is 50.8. The van der Waals surface area contributed by atoms with Crippen molar-refractivity contribution in [2.75, 3.05) is 13.1 Å². The standard InChI is InChI=1S/C9H20.C4H10.2C3H9N/c1-4-6-7-8-9(3)5-2;1-3-4-2;2*1-2-3-4/h9H,4-8H2,1-3H3;3-4H2,1-2H3;2*2-4H2,1H3. The Morgan fingerprint density at radius 3 is 1.19 bits per heavy atom. The van der Waals surface area contributed by atoms with E-state index in [9.17, 15) is 0 Å². The molecule has 0 aliphatic heterocycles. The molecule has 134 valence electrons. The minimum Gasteiger partial charge on any atom is -0.330 e. The summed E-state index contributed by atoms with van der Waals surface area (Å²) in [7, 11) is 0. The van der Waals surface area contributed by atoms with Crippen molar-refractivity contribution in [3.63, 3.8) is 0 Å². The van der Waals surface area contributed by atoms with Gasteiger partial charge in [0.05, 0.1) is 0 Å². The number of nitrogens with two attached hydrogens (primary N) is 2. The van der Waals surface area contributed by atoms with Gasteiger partial charge in [0.25, 0.3) is 0 Å². The van der Waals surface area contributed by atoms with Gasteiger partial charge in [-0.3, -0.25) is 0 Å². The van der Waals surface area contributed by atoms with Crippen LogP contribution in [0.5, 0.6) is 0 Å². The molecule has 1 atom stereocenters. The third kappa shape index (κ3) is 65.0. The van der Waals surface area contributed by atoms with Crippen LogP contribution in [0.25, 0.3) is 0 Å². The van der Waals surface area contributed by atoms with Crippen LogP contribution in [0, 0.1) is 5.92 Å². The molecule has 0 bridgehead atoms. The van der Waals surface area contributed by atoms with E-state index < -0.39 is 0 Å². The fourth-order valence-electron chi connectivity index (χ4n) is 0.947. The predicted molar refractivity (Wildman–Crippen MR) is 103 cm³/mol. The average molecular weight is 305 g/mol. The zero-order chi connectivity index (χ0) is 17.4. The summed E-state index contributed by atoms with van der Waals surface area (Å²) in [5, 5.41) is 0. The quantitative estimate of drug-likeness (QED) is 0.530. The highest BCUT2D eigenvalue weighted by Crippen LogP contribution is 2.11. The molecule has 0 heterocycles. The maximum atomic E-state index is 5.03. The Labute approximate surface area is 137 Å². The Morgan fingerprint density at radius 2 is 1.00 bits per heavy atom. The minimum absolute atomic E-state index is 0.819. The summed E-state index contributed by atoms with van der Waals surface area (Å²) in [5.41, 5.74) is 10.1. The molecular weight excluding hydrogens is 256 g/mol. The van der Waals surface area contributed by atoms with Crippen LogP contribution in [0.1, 0.15) is 106 Å². The predicted octanol–water partition coefficient (Wildman–Crippen LogP) is 6.13. The molecule has 1 unspecified atom stereocenters. The molecule has 0 amide bonds. The maximum Gasteiger partial charge on any atom is -0.00799 e. The van der Waals surface area contributed by atoms with E-state index in [0.717, 1.165) is 31.8 Å². The third-order valence-electron chi connectivity index (χ3n) is 3.07. The van der Waals surface area contributed by atoms with Crippen molar-refractivity contribution in [2.45, 2.75) is 106 Å². The zero-order valence-corrected chi connectivity index (χ0v) is 16.5. The second kappa shape index (κ2) is 36.8. The molecule has 21 heavy (non-hydrogen) atoms. The van der Waals surface area contributed by atoms with Gasteiger partial charge >= 0.3 is 0 Å². The van der Waals surface area contributed by atoms with Crippen LogP contribution in [0.2, 0.25) is 0 Å². The first kappa shape index (κ1) is 29.0. The second-order valence-corrected chi connectivity index (χ2v) is 5.59. The van der Waals surface area contributed by atoms with Gasteiger partial charge in [0, 0.05) is 0 Å². The molecule has 2 nitrogen and oxygen atoms in total. The summed E-state index contributed by atoms with van der Waals surface area (Å²) in [6.07, 6.45) is 11.8. The highest BCUT2D eigenvalue weighted by molar-refractivity contribution is 4.49. The fourth-order valence-corrected chi connectivity index (χ4v) is 0.947. The van der Waals surface area contributed by atoms with E-state index in [1.807, 2.05) is 0 Å². The van der Waals surface area contributed by atoms with Crippen LogP contribution in [0.3, 0.4) is 0 Å². The lowest BCUT2D eigenvalue weighted by molar-refractivity contribution is 0.482. The average Bonchev–Trinajstić information content (AvgIpc) is 2.55. The van der Waals surface area contributed by atoms with Crippen molar-refractivity contribution >= 4 is 0 Å². The molecule has 0 spiro atoms. The molecule has 0 saturated carbocycles. The molecule has 0 aromatic heterocycles. The molecule has 0 aromatic rings. The van der Waals surface area contributed by atoms with Crippen LogP contribution < -0.4 is 11.5 Å². The van der Waals surface area contributed by atoms with E-state index in [1.54, 1.807) is 0 Å². The van der Waals surface area contributed by atoms with E-state index in [0.29, 0.717) is 0 Å². The van der Waals surface area contributed by atoms with Gasteiger partial charge in [-0.25, -0.2) is 0 Å². The smallest absolute Gasteiger partial charge is 0.00799 e. The minimum atomic E-state index is 0.819. The molecule has 0 aromatic carbocycles. The summed E-state index contributed by atoms with van der Waals surface area (Å²) in [5.74, 6) is 0.955. The van der Waals surface area contributed by atoms with E-state index in [4.69, 9.17) is 11.5 Å². The molecular formula is C19H48N2. The summed E-state index contributed by atoms with van der Waals surface area (Å²) < 4.78 is 0. The van der Waals surface area contributed by atoms with Crippen LogP contribution in [-0.4, -0.2) is 13.1 Å². The summed E-state index contributed by atoms with van der Waals surface area (Å²) >= 11 is 0. The van der Waals surface area contributed by atoms with Gasteiger partial charge in [-0.05, 0) is 31.8 Å². The topological polar surface area (TPSA) is 52.0 Å². The third-order valence-corrected chi connectivity index (χ3v) is 3.07. The lowest BCUT2D eigenvalue weighted by Crippen LogP contribution is -1.93. The molecule has 0 aliphatic rings. The zero-order valence-electron chi connectivity index (χ0n) is 16.5. The van der Waals surface area contributed by atoms with Crippen LogP contribution in [0.15, 0.2) is 0 Å². The van der Waals surface area contributed by atoms with Crippen LogP contribution in [-0.2, 0) is 0 Å². The van der Waals surface area contributed by atoms with Gasteiger partial charge in [-0.2, -0.15) is 0 Å². The number of hydrogen-bond acceptors (Lipinski definition) is 2. The van der Waals surface area contributed by atoms with Gasteiger partial charge in [-0.1, -0.05) is 93.4 Å². The van der Waals surface area contributed by atoms with Crippen LogP contribution >= 0.6 is 0 Å². The summed E-state index contributed by atoms with van der Waals surface area (Å²) in [4.78, 5) is 0. The molecule has 2 heteroatoms. The molecule has 0 saturated heterocycles. The fraction of sp³-hybridized carbons (Fsp3) is 1.00. The first-order valence-electron chi connectivity index (χ1n) is 9.45. The summed E-state index contributed by atoms with van der Waals surface area (Å²) in [6.45, 7) is 17.0. The number of hydrogen-bond donors (Lipinski definition) is 2. The van der Waals surface area contributed by atoms with E-state index in [2.05, 4.69) is 48.5 Å². The second-order valence-electron chi connectivity index (χ2n) is 5.59. The number of unbranched alkanes of at least 4 members (excludes halogenated alkanes) is 3. The highest BCUT2D eigenvalue weighted by atomic mass is 14.5. The highest BCUT2D eigenvalue weighted by Gasteiger charge is 1.95. The van der Waals surface area contributed by atoms with Gasteiger partial charge in [0.2, 0.25) is 0 Å². The Hall–Kier alpha value is -0.0800. The van der Waals surface area contributed by atoms with Crippen molar-refractivity contribution in [1.82, 2.24) is 0 Å². The van der Waals surface area contributed by atoms with E-state index in [1.165, 1.54) is 44.9 Å². The van der Waals surface area contributed by atoms with Crippen molar-refractivity contribution < 1.29 is 0 Å². The Morgan fingerprint density at radius 1 is 0.619 bits per heavy atom. The Balaban J connectivity index is -0.000000102. The lowest BCUT2D eigenvalue weighted by Gasteiger charge is -2.05. The van der Waals surface area contributed by atoms with Gasteiger partial charge in [0.15, 0.2) is 0 Å². The SMILES string of the molecule is CCCC.CCCCCC(C)CC.CCCN.CCCN. The van der Waals surface area contributed by atoms with Crippen molar-refractivity contribution in [1.29, 1.82) is 0 Å². The first-order valence-corrected chi connectivity index (χ1v) is 9.45. The van der Waals surface area contributed by atoms with Crippen molar-refractivity contribution in [3.8, 4) is 0 Å². The van der Waals surface area contributed by atoms with Gasteiger partial charge in [0.1, 0.15) is 0 Å². The van der Waals surface area contributed by atoms with E-state index in [-0.39, 0.29) is 0 Å². The largest absolute Gasteiger partial charge is 0.330 e. The lowest BCUT2D eigenvalue weighted by atomic mass is 10.0. The van der Waals surface area contributed by atoms with Crippen molar-refractivity contribution in [3.05, 3.63) is 0 Å². The maximum absolute atomic E-state index is 5.03. The monoisotopic (exact) mass is 304 g/mol. The van der Waals surface area contributed by atoms with E-state index >= 15 is 0 Å². The molecule has 0 fully saturated rings. The normalized spacial score (nSPS) is 10.1. The molecule has 0 radical (unpaired) electrons. The summed E-state index contributed by atoms with van der Waals surface area (Å²) in [6, 6.07) is 0. The molecule has 0 rings (SSSR count). The first-order chi connectivity index (χ1) is 10.1. The number of rotatable bonds is 8. The molecule has 4 N–H and O–H groups in total.